The minimum Gasteiger partial charge on any atom is -0.385 e. The molecule has 5 heteroatoms. The number of anilines is 3. The molecule has 0 aliphatic carbocycles. The van der Waals surface area contributed by atoms with Gasteiger partial charge in [-0.3, -0.25) is 5.01 Å². The summed E-state index contributed by atoms with van der Waals surface area (Å²) in [7, 11) is 0. The molecule has 5 aliphatic rings. The zero-order chi connectivity index (χ0) is 37.2. The smallest absolute Gasteiger partial charge is 0.141 e. The van der Waals surface area contributed by atoms with Crippen LogP contribution in [0.25, 0.3) is 22.7 Å². The summed E-state index contributed by atoms with van der Waals surface area (Å²) in [6, 6.07) is 57.1. The standard InChI is InChI=1S/C51H39N5/c1-35-17-14-15-30-53(40-24-16-23-38(31-40)47-32-46(36-18-4-2-5-19-36)55-51(56(47)55)37-20-6-3-7-21-37)50-43-27-11-13-29-45(43)54(44-28-12-10-26-42(44)49(35)50)48-34-52-33-39-22-8-9-25-41(39)48/h2-32,34,47,51-52H,1,33H2/b17-14-,30-15-. The van der Waals surface area contributed by atoms with Crippen molar-refractivity contribution in [2.75, 3.05) is 9.80 Å². The van der Waals surface area contributed by atoms with Crippen molar-refractivity contribution in [3.05, 3.63) is 246 Å². The first-order valence-electron chi connectivity index (χ1n) is 19.3. The summed E-state index contributed by atoms with van der Waals surface area (Å²) in [6.45, 7) is 5.51. The molecule has 6 aromatic rings. The summed E-state index contributed by atoms with van der Waals surface area (Å²) in [5.41, 5.74) is 17.4. The highest BCUT2D eigenvalue weighted by atomic mass is 15.9. The van der Waals surface area contributed by atoms with E-state index in [0.29, 0.717) is 0 Å². The third-order valence-corrected chi connectivity index (χ3v) is 11.5. The first-order valence-corrected chi connectivity index (χ1v) is 19.3. The molecule has 1 fully saturated rings. The number of hydrazine groups is 1. The number of hydrogen-bond acceptors (Lipinski definition) is 5. The molecular formula is C51H39N5. The van der Waals surface area contributed by atoms with Crippen LogP contribution in [0.5, 0.6) is 0 Å². The Morgan fingerprint density at radius 1 is 0.607 bits per heavy atom. The van der Waals surface area contributed by atoms with E-state index in [-0.39, 0.29) is 12.2 Å². The van der Waals surface area contributed by atoms with E-state index in [1.54, 1.807) is 0 Å². The zero-order valence-corrected chi connectivity index (χ0v) is 30.8. The van der Waals surface area contributed by atoms with Crippen molar-refractivity contribution in [3.63, 3.8) is 0 Å². The minimum atomic E-state index is 0.0702. The van der Waals surface area contributed by atoms with E-state index >= 15 is 0 Å². The van der Waals surface area contributed by atoms with Gasteiger partial charge in [0.15, 0.2) is 0 Å². The molecule has 5 aliphatic heterocycles. The average Bonchev–Trinajstić information content (AvgIpc) is 3.89. The fourth-order valence-electron chi connectivity index (χ4n) is 8.99. The van der Waals surface area contributed by atoms with Crippen molar-refractivity contribution in [2.45, 2.75) is 18.8 Å². The van der Waals surface area contributed by atoms with Gasteiger partial charge in [0.2, 0.25) is 0 Å². The van der Waals surface area contributed by atoms with E-state index in [9.17, 15) is 0 Å². The van der Waals surface area contributed by atoms with Gasteiger partial charge in [-0.15, -0.1) is 0 Å². The van der Waals surface area contributed by atoms with E-state index in [1.807, 2.05) is 0 Å². The second-order valence-corrected chi connectivity index (χ2v) is 14.7. The van der Waals surface area contributed by atoms with E-state index in [0.717, 1.165) is 57.3 Å². The number of rotatable bonds is 5. The van der Waals surface area contributed by atoms with Crippen LogP contribution in [-0.4, -0.2) is 10.0 Å². The van der Waals surface area contributed by atoms with Crippen molar-refractivity contribution in [1.82, 2.24) is 15.3 Å². The molecule has 0 spiro atoms. The van der Waals surface area contributed by atoms with Gasteiger partial charge < -0.3 is 15.1 Å². The number of nitrogens with zero attached hydrogens (tertiary/aromatic N) is 4. The molecule has 268 valence electrons. The molecule has 1 N–H and O–H groups in total. The maximum atomic E-state index is 4.71. The third kappa shape index (κ3) is 5.13. The topological polar surface area (TPSA) is 24.5 Å². The average molecular weight is 722 g/mol. The molecule has 0 radical (unpaired) electrons. The Balaban J connectivity index is 1.08. The number of benzene rings is 6. The van der Waals surface area contributed by atoms with Crippen LogP contribution in [0.1, 0.15) is 51.2 Å². The second-order valence-electron chi connectivity index (χ2n) is 14.7. The molecule has 0 amide bonds. The van der Waals surface area contributed by atoms with Gasteiger partial charge in [-0.25, -0.2) is 0 Å². The molecule has 56 heavy (non-hydrogen) atoms. The molecule has 0 bridgehead atoms. The van der Waals surface area contributed by atoms with E-state index in [2.05, 4.69) is 220 Å². The van der Waals surface area contributed by atoms with Crippen LogP contribution < -0.4 is 15.1 Å². The Kier molecular flexibility index (Phi) is 7.54. The molecule has 1 saturated heterocycles. The molecule has 3 atom stereocenters. The van der Waals surface area contributed by atoms with Crippen molar-refractivity contribution in [2.24, 2.45) is 0 Å². The van der Waals surface area contributed by atoms with Gasteiger partial charge in [0.1, 0.15) is 6.17 Å². The highest BCUT2D eigenvalue weighted by Crippen LogP contribution is 2.59. The van der Waals surface area contributed by atoms with Crippen LogP contribution in [-0.2, 0) is 6.54 Å². The first-order chi connectivity index (χ1) is 27.7. The maximum Gasteiger partial charge on any atom is 0.141 e. The fraction of sp³-hybridized carbons (Fsp3) is 0.0588. The predicted octanol–water partition coefficient (Wildman–Crippen LogP) is 11.6. The molecular weight excluding hydrogens is 683 g/mol. The first kappa shape index (κ1) is 32.4. The number of para-hydroxylation sites is 2. The van der Waals surface area contributed by atoms with Crippen molar-refractivity contribution in [1.29, 1.82) is 0 Å². The molecule has 3 unspecified atom stereocenters. The fourth-order valence-corrected chi connectivity index (χ4v) is 8.99. The monoisotopic (exact) mass is 721 g/mol. The molecule has 11 rings (SSSR count). The summed E-state index contributed by atoms with van der Waals surface area (Å²) >= 11 is 0. The molecule has 5 heterocycles. The summed E-state index contributed by atoms with van der Waals surface area (Å²) in [4.78, 5) is 4.81. The van der Waals surface area contributed by atoms with Crippen LogP contribution in [0.15, 0.2) is 207 Å². The quantitative estimate of drug-likeness (QED) is 0.179. The van der Waals surface area contributed by atoms with Gasteiger partial charge in [0.25, 0.3) is 0 Å². The van der Waals surface area contributed by atoms with Crippen LogP contribution in [0, 0.1) is 0 Å². The second kappa shape index (κ2) is 13.0. The van der Waals surface area contributed by atoms with Crippen molar-refractivity contribution >= 4 is 39.7 Å². The summed E-state index contributed by atoms with van der Waals surface area (Å²) < 4.78 is 0. The predicted molar refractivity (Wildman–Crippen MR) is 229 cm³/mol. The number of hydrogen-bond donors (Lipinski definition) is 1. The minimum absolute atomic E-state index is 0.0702. The van der Waals surface area contributed by atoms with Gasteiger partial charge in [-0.2, -0.15) is 5.01 Å². The van der Waals surface area contributed by atoms with Gasteiger partial charge in [-0.1, -0.05) is 152 Å². The Hall–Kier alpha value is -7.08. The summed E-state index contributed by atoms with van der Waals surface area (Å²) in [5.74, 6) is 0. The normalized spacial score (nSPS) is 21.5. The van der Waals surface area contributed by atoms with Crippen LogP contribution in [0.3, 0.4) is 0 Å². The highest BCUT2D eigenvalue weighted by molar-refractivity contribution is 6.13. The summed E-state index contributed by atoms with van der Waals surface area (Å²) in [6.07, 6.45) is 13.4. The lowest BCUT2D eigenvalue weighted by Crippen LogP contribution is -2.24. The number of fused-ring (bicyclic) bond motifs is 6. The SMILES string of the molecule is C=C1/C=C\C=C/N(c2cccc(C3C=C(c4ccccc4)N4C(c5ccccc5)N34)c2)C2=C1c1ccccc1N(C1=CNCc3ccccc31)c1ccccc12. The lowest BCUT2D eigenvalue weighted by atomic mass is 9.91. The van der Waals surface area contributed by atoms with Crippen LogP contribution in [0.4, 0.5) is 17.1 Å². The maximum absolute atomic E-state index is 4.71. The Bertz CT molecular complexity index is 2700. The third-order valence-electron chi connectivity index (χ3n) is 11.5. The van der Waals surface area contributed by atoms with Crippen molar-refractivity contribution < 1.29 is 0 Å². The van der Waals surface area contributed by atoms with E-state index < -0.39 is 0 Å². The van der Waals surface area contributed by atoms with Crippen molar-refractivity contribution in [3.8, 4) is 0 Å². The number of nitrogens with one attached hydrogen (secondary N) is 1. The van der Waals surface area contributed by atoms with Gasteiger partial charge in [0, 0.05) is 46.9 Å². The molecule has 0 aromatic heterocycles. The highest BCUT2D eigenvalue weighted by Gasteiger charge is 2.55. The largest absolute Gasteiger partial charge is 0.385 e. The van der Waals surface area contributed by atoms with Gasteiger partial charge in [0.05, 0.1) is 34.5 Å². The molecule has 6 aromatic carbocycles. The van der Waals surface area contributed by atoms with Gasteiger partial charge >= 0.3 is 0 Å². The summed E-state index contributed by atoms with van der Waals surface area (Å²) in [5, 5.41) is 8.54. The van der Waals surface area contributed by atoms with Gasteiger partial charge in [-0.05, 0) is 64.2 Å². The molecule has 0 saturated carbocycles. The van der Waals surface area contributed by atoms with E-state index in [1.165, 1.54) is 33.5 Å². The Labute approximate surface area is 328 Å². The number of allylic oxidation sites excluding steroid dienone is 5. The van der Waals surface area contributed by atoms with Crippen LogP contribution >= 0.6 is 0 Å². The lowest BCUT2D eigenvalue weighted by molar-refractivity contribution is 0.365. The Morgan fingerprint density at radius 3 is 2.11 bits per heavy atom. The lowest BCUT2D eigenvalue weighted by Gasteiger charge is -2.33. The Morgan fingerprint density at radius 2 is 1.29 bits per heavy atom. The van der Waals surface area contributed by atoms with E-state index in [4.69, 9.17) is 6.58 Å². The van der Waals surface area contributed by atoms with Crippen LogP contribution in [0.2, 0.25) is 0 Å². The zero-order valence-electron chi connectivity index (χ0n) is 30.8. The molecule has 5 nitrogen and oxygen atoms in total.